The number of aromatic nitrogens is 3. The average molecular weight is 181 g/mol. The van der Waals surface area contributed by atoms with E-state index >= 15 is 0 Å². The first-order valence-corrected chi connectivity index (χ1v) is 4.28. The van der Waals surface area contributed by atoms with Crippen LogP contribution in [0.3, 0.4) is 0 Å². The van der Waals surface area contributed by atoms with Gasteiger partial charge in [0.05, 0.1) is 5.92 Å². The molecule has 72 valence electrons. The molecule has 1 heterocycles. The minimum absolute atomic E-state index is 0.0350. The van der Waals surface area contributed by atoms with E-state index < -0.39 is 0 Å². The molecule has 5 nitrogen and oxygen atoms in total. The van der Waals surface area contributed by atoms with E-state index in [0.29, 0.717) is 0 Å². The maximum Gasteiger partial charge on any atom is 0.239 e. The second-order valence-corrected chi connectivity index (χ2v) is 3.32. The molecule has 0 saturated heterocycles. The van der Waals surface area contributed by atoms with E-state index in [1.165, 1.54) is 6.21 Å². The molecular formula is C8H15N5. The fourth-order valence-corrected chi connectivity index (χ4v) is 1.12. The number of anilines is 1. The van der Waals surface area contributed by atoms with Crippen molar-refractivity contribution in [2.24, 2.45) is 0 Å². The van der Waals surface area contributed by atoms with Crippen LogP contribution in [-0.4, -0.2) is 21.0 Å². The number of nitrogen functional groups attached to an aromatic ring is 1. The third-order valence-corrected chi connectivity index (χ3v) is 1.82. The van der Waals surface area contributed by atoms with Gasteiger partial charge in [0, 0.05) is 12.3 Å². The van der Waals surface area contributed by atoms with Gasteiger partial charge >= 0.3 is 0 Å². The van der Waals surface area contributed by atoms with Crippen LogP contribution in [0.5, 0.6) is 0 Å². The Labute approximate surface area is 77.5 Å². The standard InChI is InChI=1S/C8H15N5/c1-5(2)13-7(6(3)4-9)11-8(10)12-13/h4-6,9H,1-3H3,(H2,10,12). The van der Waals surface area contributed by atoms with Crippen molar-refractivity contribution < 1.29 is 0 Å². The molecule has 0 bridgehead atoms. The number of rotatable bonds is 3. The van der Waals surface area contributed by atoms with E-state index in [-0.39, 0.29) is 17.9 Å². The SMILES string of the molecule is CC(C=N)c1nc(N)nn1C(C)C. The van der Waals surface area contributed by atoms with Gasteiger partial charge in [0.25, 0.3) is 0 Å². The monoisotopic (exact) mass is 181 g/mol. The Morgan fingerprint density at radius 1 is 1.46 bits per heavy atom. The number of nitrogens with two attached hydrogens (primary N) is 1. The molecule has 0 aliphatic rings. The van der Waals surface area contributed by atoms with Gasteiger partial charge in [-0.1, -0.05) is 6.92 Å². The van der Waals surface area contributed by atoms with Gasteiger partial charge in [-0.25, -0.2) is 4.68 Å². The summed E-state index contributed by atoms with van der Waals surface area (Å²) in [4.78, 5) is 4.08. The number of hydrogen-bond acceptors (Lipinski definition) is 4. The number of hydrogen-bond donors (Lipinski definition) is 2. The summed E-state index contributed by atoms with van der Waals surface area (Å²) >= 11 is 0. The summed E-state index contributed by atoms with van der Waals surface area (Å²) in [5.74, 6) is 0.993. The summed E-state index contributed by atoms with van der Waals surface area (Å²) in [5.41, 5.74) is 5.49. The van der Waals surface area contributed by atoms with Crippen LogP contribution in [0.2, 0.25) is 0 Å². The van der Waals surface area contributed by atoms with E-state index in [1.54, 1.807) is 4.68 Å². The lowest BCUT2D eigenvalue weighted by Crippen LogP contribution is -2.11. The topological polar surface area (TPSA) is 80.6 Å². The average Bonchev–Trinajstić information content (AvgIpc) is 2.46. The molecule has 1 aromatic heterocycles. The lowest BCUT2D eigenvalue weighted by Gasteiger charge is -2.10. The lowest BCUT2D eigenvalue weighted by molar-refractivity contribution is 0.504. The minimum atomic E-state index is -0.0350. The second kappa shape index (κ2) is 3.55. The molecule has 0 aliphatic heterocycles. The van der Waals surface area contributed by atoms with Gasteiger partial charge in [0.2, 0.25) is 5.95 Å². The molecule has 3 N–H and O–H groups in total. The first-order chi connectivity index (χ1) is 6.06. The third-order valence-electron chi connectivity index (χ3n) is 1.82. The predicted octanol–water partition coefficient (Wildman–Crippen LogP) is 1.19. The van der Waals surface area contributed by atoms with Crippen molar-refractivity contribution >= 4 is 12.2 Å². The molecule has 1 rings (SSSR count). The normalized spacial score (nSPS) is 13.2. The highest BCUT2D eigenvalue weighted by atomic mass is 15.4. The van der Waals surface area contributed by atoms with Gasteiger partial charge in [0.1, 0.15) is 5.82 Å². The van der Waals surface area contributed by atoms with Crippen LogP contribution in [0.4, 0.5) is 5.95 Å². The zero-order valence-electron chi connectivity index (χ0n) is 8.15. The summed E-state index contributed by atoms with van der Waals surface area (Å²) in [6, 6.07) is 0.224. The Balaban J connectivity index is 3.11. The summed E-state index contributed by atoms with van der Waals surface area (Å²) in [5, 5.41) is 11.2. The van der Waals surface area contributed by atoms with Crippen molar-refractivity contribution in [2.45, 2.75) is 32.7 Å². The fourth-order valence-electron chi connectivity index (χ4n) is 1.12. The lowest BCUT2D eigenvalue weighted by atomic mass is 10.2. The molecule has 5 heteroatoms. The molecule has 13 heavy (non-hydrogen) atoms. The van der Waals surface area contributed by atoms with Crippen LogP contribution in [-0.2, 0) is 0 Å². The van der Waals surface area contributed by atoms with E-state index in [9.17, 15) is 0 Å². The van der Waals surface area contributed by atoms with E-state index in [0.717, 1.165) is 5.82 Å². The summed E-state index contributed by atoms with van der Waals surface area (Å²) in [7, 11) is 0. The van der Waals surface area contributed by atoms with Crippen LogP contribution >= 0.6 is 0 Å². The van der Waals surface area contributed by atoms with Gasteiger partial charge in [-0.2, -0.15) is 4.98 Å². The molecule has 0 fully saturated rings. The van der Waals surface area contributed by atoms with Gasteiger partial charge in [-0.15, -0.1) is 5.10 Å². The van der Waals surface area contributed by atoms with E-state index in [4.69, 9.17) is 11.1 Å². The minimum Gasteiger partial charge on any atom is -0.366 e. The Kier molecular flexibility index (Phi) is 2.65. The molecule has 0 spiro atoms. The van der Waals surface area contributed by atoms with Gasteiger partial charge in [0.15, 0.2) is 0 Å². The summed E-state index contributed by atoms with van der Waals surface area (Å²) < 4.78 is 1.76. The molecule has 0 saturated carbocycles. The van der Waals surface area contributed by atoms with Crippen LogP contribution in [0.1, 0.15) is 38.6 Å². The molecular weight excluding hydrogens is 166 g/mol. The molecule has 0 aromatic carbocycles. The molecule has 0 amide bonds. The third kappa shape index (κ3) is 1.85. The van der Waals surface area contributed by atoms with Crippen molar-refractivity contribution in [1.82, 2.24) is 14.8 Å². The number of nitrogens with zero attached hydrogens (tertiary/aromatic N) is 3. The molecule has 1 aromatic rings. The van der Waals surface area contributed by atoms with Crippen LogP contribution in [0.25, 0.3) is 0 Å². The number of nitrogens with one attached hydrogen (secondary N) is 1. The van der Waals surface area contributed by atoms with Crippen molar-refractivity contribution in [1.29, 1.82) is 5.41 Å². The molecule has 1 unspecified atom stereocenters. The van der Waals surface area contributed by atoms with Gasteiger partial charge in [-0.05, 0) is 13.8 Å². The van der Waals surface area contributed by atoms with Crippen LogP contribution < -0.4 is 5.73 Å². The molecule has 0 radical (unpaired) electrons. The highest BCUT2D eigenvalue weighted by molar-refractivity contribution is 5.62. The predicted molar refractivity (Wildman–Crippen MR) is 52.0 cm³/mol. The van der Waals surface area contributed by atoms with Crippen molar-refractivity contribution in [3.05, 3.63) is 5.82 Å². The Hall–Kier alpha value is -1.39. The smallest absolute Gasteiger partial charge is 0.239 e. The summed E-state index contributed by atoms with van der Waals surface area (Å²) in [6.45, 7) is 5.91. The Morgan fingerprint density at radius 3 is 2.54 bits per heavy atom. The van der Waals surface area contributed by atoms with Gasteiger partial charge in [-0.3, -0.25) is 0 Å². The van der Waals surface area contributed by atoms with Crippen molar-refractivity contribution in [3.8, 4) is 0 Å². The zero-order valence-corrected chi connectivity index (χ0v) is 8.15. The molecule has 0 aliphatic carbocycles. The van der Waals surface area contributed by atoms with Crippen molar-refractivity contribution in [2.75, 3.05) is 5.73 Å². The highest BCUT2D eigenvalue weighted by Crippen LogP contribution is 2.15. The first kappa shape index (κ1) is 9.70. The largest absolute Gasteiger partial charge is 0.366 e. The quantitative estimate of drug-likeness (QED) is 0.687. The Bertz CT molecular complexity index is 301. The fraction of sp³-hybridized carbons (Fsp3) is 0.625. The van der Waals surface area contributed by atoms with Gasteiger partial charge < -0.3 is 11.1 Å². The highest BCUT2D eigenvalue weighted by Gasteiger charge is 2.14. The molecule has 1 atom stereocenters. The van der Waals surface area contributed by atoms with Crippen LogP contribution in [0, 0.1) is 5.41 Å². The maximum absolute atomic E-state index is 7.15. The second-order valence-electron chi connectivity index (χ2n) is 3.32. The van der Waals surface area contributed by atoms with Crippen LogP contribution in [0.15, 0.2) is 0 Å². The summed E-state index contributed by atoms with van der Waals surface area (Å²) in [6.07, 6.45) is 1.34. The van der Waals surface area contributed by atoms with Crippen molar-refractivity contribution in [3.63, 3.8) is 0 Å². The van der Waals surface area contributed by atoms with E-state index in [2.05, 4.69) is 10.1 Å². The first-order valence-electron chi connectivity index (χ1n) is 4.28. The zero-order chi connectivity index (χ0) is 10.0. The van der Waals surface area contributed by atoms with E-state index in [1.807, 2.05) is 20.8 Å². The Morgan fingerprint density at radius 2 is 2.08 bits per heavy atom. The maximum atomic E-state index is 7.15.